The van der Waals surface area contributed by atoms with Crippen molar-refractivity contribution in [3.8, 4) is 0 Å². The first kappa shape index (κ1) is 17.1. The quantitative estimate of drug-likeness (QED) is 0.911. The Bertz CT molecular complexity index is 429. The van der Waals surface area contributed by atoms with Crippen LogP contribution in [0.4, 0.5) is 4.79 Å². The van der Waals surface area contributed by atoms with Crippen LogP contribution in [0.2, 0.25) is 5.02 Å². The molecule has 0 aliphatic carbocycles. The molecule has 1 aromatic rings. The van der Waals surface area contributed by atoms with Crippen molar-refractivity contribution in [1.29, 1.82) is 0 Å². The smallest absolute Gasteiger partial charge is 0.410 e. The molecule has 1 N–H and O–H groups in total. The molecule has 1 fully saturated rings. The molecule has 6 heteroatoms. The van der Waals surface area contributed by atoms with Crippen molar-refractivity contribution in [2.24, 2.45) is 0 Å². The number of hydrogen-bond donors (Lipinski definition) is 1. The lowest BCUT2D eigenvalue weighted by Crippen LogP contribution is -2.57. The second kappa shape index (κ2) is 7.72. The van der Waals surface area contributed by atoms with Crippen molar-refractivity contribution in [1.82, 2.24) is 10.2 Å². The Balaban J connectivity index is 0.00000200. The van der Waals surface area contributed by atoms with Crippen molar-refractivity contribution >= 4 is 30.1 Å². The Kier molecular flexibility index (Phi) is 6.59. The van der Waals surface area contributed by atoms with Gasteiger partial charge in [-0.25, -0.2) is 4.79 Å². The van der Waals surface area contributed by atoms with Crippen LogP contribution in [-0.4, -0.2) is 36.2 Å². The molecule has 1 heterocycles. The molecule has 0 aromatic heterocycles. The van der Waals surface area contributed by atoms with Gasteiger partial charge in [0.25, 0.3) is 0 Å². The van der Waals surface area contributed by atoms with Crippen molar-refractivity contribution in [3.63, 3.8) is 0 Å². The monoisotopic (exact) mass is 318 g/mol. The Morgan fingerprint density at radius 3 is 2.40 bits per heavy atom. The van der Waals surface area contributed by atoms with Gasteiger partial charge in [-0.2, -0.15) is 0 Å². The average molecular weight is 319 g/mol. The molecular weight excluding hydrogens is 299 g/mol. The van der Waals surface area contributed by atoms with E-state index in [0.29, 0.717) is 5.02 Å². The number of amides is 1. The first-order valence-electron chi connectivity index (χ1n) is 6.48. The normalized spacial score (nSPS) is 22.1. The lowest BCUT2D eigenvalue weighted by molar-refractivity contribution is 0.0564. The fourth-order valence-electron chi connectivity index (χ4n) is 2.29. The minimum Gasteiger partial charge on any atom is -0.445 e. The summed E-state index contributed by atoms with van der Waals surface area (Å²) in [7, 11) is 0. The standard InChI is InChI=1S/C14H19ClN2O2.ClH/c1-10-7-16-8-11(2)17(10)14(18)19-9-12-3-5-13(15)6-4-12;/h3-6,10-11,16H,7-9H2,1-2H3;1H. The van der Waals surface area contributed by atoms with Gasteiger partial charge < -0.3 is 15.0 Å². The number of nitrogens with one attached hydrogen (secondary N) is 1. The Morgan fingerprint density at radius 2 is 1.85 bits per heavy atom. The maximum Gasteiger partial charge on any atom is 0.410 e. The summed E-state index contributed by atoms with van der Waals surface area (Å²) in [4.78, 5) is 13.9. The van der Waals surface area contributed by atoms with Crippen LogP contribution >= 0.6 is 24.0 Å². The van der Waals surface area contributed by atoms with Gasteiger partial charge in [-0.1, -0.05) is 23.7 Å². The number of hydrogen-bond acceptors (Lipinski definition) is 3. The predicted octanol–water partition coefficient (Wildman–Crippen LogP) is 3.08. The topological polar surface area (TPSA) is 41.6 Å². The molecule has 0 spiro atoms. The van der Waals surface area contributed by atoms with E-state index >= 15 is 0 Å². The third kappa shape index (κ3) is 4.27. The fourth-order valence-corrected chi connectivity index (χ4v) is 2.42. The summed E-state index contributed by atoms with van der Waals surface area (Å²) in [6.45, 7) is 5.93. The van der Waals surface area contributed by atoms with E-state index in [2.05, 4.69) is 5.32 Å². The van der Waals surface area contributed by atoms with Gasteiger partial charge in [-0.15, -0.1) is 12.4 Å². The molecule has 0 radical (unpaired) electrons. The van der Waals surface area contributed by atoms with Crippen LogP contribution < -0.4 is 5.32 Å². The van der Waals surface area contributed by atoms with E-state index in [4.69, 9.17) is 16.3 Å². The number of piperazine rings is 1. The Morgan fingerprint density at radius 1 is 1.30 bits per heavy atom. The highest BCUT2D eigenvalue weighted by molar-refractivity contribution is 6.30. The van der Waals surface area contributed by atoms with Gasteiger partial charge in [0.15, 0.2) is 0 Å². The number of carbonyl (C=O) groups excluding carboxylic acids is 1. The van der Waals surface area contributed by atoms with Gasteiger partial charge in [-0.3, -0.25) is 0 Å². The molecule has 1 aliphatic heterocycles. The second-order valence-corrected chi connectivity index (χ2v) is 5.38. The third-order valence-corrected chi connectivity index (χ3v) is 3.57. The molecule has 112 valence electrons. The van der Waals surface area contributed by atoms with Crippen LogP contribution in [0, 0.1) is 0 Å². The van der Waals surface area contributed by atoms with Gasteiger partial charge in [0.2, 0.25) is 0 Å². The first-order valence-corrected chi connectivity index (χ1v) is 6.86. The minimum absolute atomic E-state index is 0. The van der Waals surface area contributed by atoms with Crippen LogP contribution in [0.15, 0.2) is 24.3 Å². The van der Waals surface area contributed by atoms with E-state index in [1.807, 2.05) is 26.0 Å². The Labute approximate surface area is 130 Å². The summed E-state index contributed by atoms with van der Waals surface area (Å²) in [5, 5.41) is 3.97. The average Bonchev–Trinajstić information content (AvgIpc) is 2.38. The highest BCUT2D eigenvalue weighted by atomic mass is 35.5. The van der Waals surface area contributed by atoms with Gasteiger partial charge in [0.1, 0.15) is 6.61 Å². The minimum atomic E-state index is -0.253. The molecule has 0 bridgehead atoms. The summed E-state index contributed by atoms with van der Waals surface area (Å²) < 4.78 is 5.36. The van der Waals surface area contributed by atoms with Gasteiger partial charge in [0, 0.05) is 30.2 Å². The molecule has 2 atom stereocenters. The maximum absolute atomic E-state index is 12.1. The number of halogens is 2. The van der Waals surface area contributed by atoms with Crippen molar-refractivity contribution in [3.05, 3.63) is 34.9 Å². The summed E-state index contributed by atoms with van der Waals surface area (Å²) in [5.41, 5.74) is 0.938. The number of benzene rings is 1. The van der Waals surface area contributed by atoms with Crippen LogP contribution in [0.5, 0.6) is 0 Å². The summed E-state index contributed by atoms with van der Waals surface area (Å²) in [5.74, 6) is 0. The zero-order valence-electron chi connectivity index (χ0n) is 11.6. The lowest BCUT2D eigenvalue weighted by atomic mass is 10.1. The molecule has 20 heavy (non-hydrogen) atoms. The number of carbonyl (C=O) groups is 1. The molecule has 4 nitrogen and oxygen atoms in total. The zero-order valence-corrected chi connectivity index (χ0v) is 13.2. The molecule has 1 saturated heterocycles. The summed E-state index contributed by atoms with van der Waals surface area (Å²) in [6, 6.07) is 7.62. The molecule has 1 aromatic carbocycles. The van der Waals surface area contributed by atoms with Crippen molar-refractivity contribution in [2.45, 2.75) is 32.5 Å². The largest absolute Gasteiger partial charge is 0.445 e. The molecule has 0 saturated carbocycles. The zero-order chi connectivity index (χ0) is 13.8. The molecular formula is C14H20Cl2N2O2. The molecule has 1 aliphatic rings. The van der Waals surface area contributed by atoms with Crippen LogP contribution in [-0.2, 0) is 11.3 Å². The van der Waals surface area contributed by atoms with E-state index < -0.39 is 0 Å². The number of ether oxygens (including phenoxy) is 1. The van der Waals surface area contributed by atoms with Crippen LogP contribution in [0.25, 0.3) is 0 Å². The van der Waals surface area contributed by atoms with Gasteiger partial charge >= 0.3 is 6.09 Å². The second-order valence-electron chi connectivity index (χ2n) is 4.94. The van der Waals surface area contributed by atoms with E-state index in [0.717, 1.165) is 18.7 Å². The third-order valence-electron chi connectivity index (χ3n) is 3.32. The SMILES string of the molecule is CC1CNCC(C)N1C(=O)OCc1ccc(Cl)cc1.Cl. The highest BCUT2D eigenvalue weighted by Gasteiger charge is 2.29. The lowest BCUT2D eigenvalue weighted by Gasteiger charge is -2.38. The maximum atomic E-state index is 12.1. The highest BCUT2D eigenvalue weighted by Crippen LogP contribution is 2.14. The first-order chi connectivity index (χ1) is 9.08. The van der Waals surface area contributed by atoms with Gasteiger partial charge in [0.05, 0.1) is 0 Å². The number of nitrogens with zero attached hydrogens (tertiary/aromatic N) is 1. The number of rotatable bonds is 2. The molecule has 1 amide bonds. The van der Waals surface area contributed by atoms with Crippen molar-refractivity contribution in [2.75, 3.05) is 13.1 Å². The molecule has 2 rings (SSSR count). The van der Waals surface area contributed by atoms with Crippen LogP contribution in [0.3, 0.4) is 0 Å². The van der Waals surface area contributed by atoms with E-state index in [1.165, 1.54) is 0 Å². The van der Waals surface area contributed by atoms with Gasteiger partial charge in [-0.05, 0) is 31.5 Å². The van der Waals surface area contributed by atoms with E-state index in [1.54, 1.807) is 17.0 Å². The van der Waals surface area contributed by atoms with E-state index in [9.17, 15) is 4.79 Å². The fraction of sp³-hybridized carbons (Fsp3) is 0.500. The Hall–Kier alpha value is -0.970. The predicted molar refractivity (Wildman–Crippen MR) is 82.5 cm³/mol. The van der Waals surface area contributed by atoms with Crippen molar-refractivity contribution < 1.29 is 9.53 Å². The van der Waals surface area contributed by atoms with Crippen LogP contribution in [0.1, 0.15) is 19.4 Å². The summed E-state index contributed by atoms with van der Waals surface area (Å²) >= 11 is 5.81. The molecule has 2 unspecified atom stereocenters. The summed E-state index contributed by atoms with van der Waals surface area (Å²) in [6.07, 6.45) is -0.253. The van der Waals surface area contributed by atoms with E-state index in [-0.39, 0.29) is 37.2 Å².